The summed E-state index contributed by atoms with van der Waals surface area (Å²) in [7, 11) is 0. The first-order valence-electron chi connectivity index (χ1n) is 15.7. The zero-order valence-electron chi connectivity index (χ0n) is 24.7. The minimum absolute atomic E-state index is 0.0418. The number of esters is 1. The second kappa shape index (κ2) is 12.4. The number of hydrogen-bond acceptors (Lipinski definition) is 6. The average molecular weight is 556 g/mol. The van der Waals surface area contributed by atoms with Crippen LogP contribution in [-0.2, 0) is 21.5 Å². The average Bonchev–Trinajstić information content (AvgIpc) is 3.67. The summed E-state index contributed by atoms with van der Waals surface area (Å²) in [6, 6.07) is 20.0. The van der Waals surface area contributed by atoms with E-state index in [1.807, 2.05) is 19.6 Å². The van der Waals surface area contributed by atoms with Crippen molar-refractivity contribution in [3.05, 3.63) is 78.4 Å². The predicted molar refractivity (Wildman–Crippen MR) is 162 cm³/mol. The van der Waals surface area contributed by atoms with Crippen LogP contribution in [0.2, 0.25) is 0 Å². The molecule has 3 aliphatic rings. The van der Waals surface area contributed by atoms with E-state index in [9.17, 15) is 4.79 Å². The summed E-state index contributed by atoms with van der Waals surface area (Å²) in [4.78, 5) is 17.7. The highest BCUT2D eigenvalue weighted by Gasteiger charge is 2.53. The molecule has 0 bridgehead atoms. The number of rotatable bonds is 10. The van der Waals surface area contributed by atoms with Gasteiger partial charge in [0.2, 0.25) is 0 Å². The molecule has 41 heavy (non-hydrogen) atoms. The molecular weight excluding hydrogens is 510 g/mol. The highest BCUT2D eigenvalue weighted by Crippen LogP contribution is 2.52. The molecule has 218 valence electrons. The molecule has 0 spiro atoms. The van der Waals surface area contributed by atoms with Gasteiger partial charge in [0.25, 0.3) is 0 Å². The molecule has 3 aromatic rings. The molecule has 0 unspecified atom stereocenters. The van der Waals surface area contributed by atoms with Gasteiger partial charge in [0.05, 0.1) is 0 Å². The summed E-state index contributed by atoms with van der Waals surface area (Å²) < 4.78 is 8.32. The number of piperidine rings is 1. The molecule has 2 aliphatic heterocycles. The second-order valence-electron chi connectivity index (χ2n) is 12.6. The number of hydrogen-bond donors (Lipinski definition) is 0. The van der Waals surface area contributed by atoms with Gasteiger partial charge in [-0.2, -0.15) is 0 Å². The maximum Gasteiger partial charge on any atom is 0.305 e. The SMILES string of the molecule is CCC(=O)O[C@H]1CCC[C@@H]1[C@](Cn1cnnc1)(c1ccccc1)C1CCN(CC2CN(c3ccc(C)cc3)C2)CC1. The van der Waals surface area contributed by atoms with Gasteiger partial charge in [-0.1, -0.05) is 55.0 Å². The lowest BCUT2D eigenvalue weighted by Crippen LogP contribution is -2.55. The summed E-state index contributed by atoms with van der Waals surface area (Å²) in [5, 5.41) is 8.32. The van der Waals surface area contributed by atoms with E-state index in [1.165, 1.54) is 23.4 Å². The van der Waals surface area contributed by atoms with E-state index in [0.717, 1.165) is 70.7 Å². The fraction of sp³-hybridized carbons (Fsp3) is 0.559. The van der Waals surface area contributed by atoms with Gasteiger partial charge < -0.3 is 19.1 Å². The fourth-order valence-corrected chi connectivity index (χ4v) is 8.00. The van der Waals surface area contributed by atoms with Gasteiger partial charge in [-0.05, 0) is 75.7 Å². The normalized spacial score (nSPS) is 23.7. The third-order valence-corrected chi connectivity index (χ3v) is 10.1. The van der Waals surface area contributed by atoms with Crippen molar-refractivity contribution in [2.45, 2.75) is 70.4 Å². The Labute approximate surface area is 244 Å². The molecule has 3 heterocycles. The number of nitrogens with zero attached hydrogens (tertiary/aromatic N) is 5. The number of carbonyl (C=O) groups is 1. The Morgan fingerprint density at radius 2 is 1.66 bits per heavy atom. The Hall–Kier alpha value is -3.19. The molecule has 0 amide bonds. The summed E-state index contributed by atoms with van der Waals surface area (Å²) in [5.74, 6) is 1.41. The van der Waals surface area contributed by atoms with E-state index in [0.29, 0.717) is 12.3 Å². The standard InChI is InChI=1S/C34H45N5O2/c1-3-33(40)41-32-11-7-10-31(32)34(23-38-24-35-36-25-38,28-8-5-4-6-9-28)29-16-18-37(19-17-29)20-27-21-39(22-27)30-14-12-26(2)13-15-30/h4-6,8-9,12-15,24-25,27,29,31-32H,3,7,10-11,16-23H2,1-2H3/t31-,32-,34+/m0/s1. The molecule has 2 saturated heterocycles. The van der Waals surface area contributed by atoms with E-state index >= 15 is 0 Å². The van der Waals surface area contributed by atoms with Crippen molar-refractivity contribution in [1.29, 1.82) is 0 Å². The molecule has 1 saturated carbocycles. The Balaban J connectivity index is 1.20. The summed E-state index contributed by atoms with van der Waals surface area (Å²) in [6.07, 6.45) is 9.51. The van der Waals surface area contributed by atoms with Crippen molar-refractivity contribution in [3.63, 3.8) is 0 Å². The van der Waals surface area contributed by atoms with Crippen LogP contribution in [0.4, 0.5) is 5.69 Å². The smallest absolute Gasteiger partial charge is 0.305 e. The Morgan fingerprint density at radius 1 is 0.951 bits per heavy atom. The molecule has 7 heteroatoms. The highest BCUT2D eigenvalue weighted by atomic mass is 16.5. The van der Waals surface area contributed by atoms with Crippen LogP contribution < -0.4 is 4.90 Å². The van der Waals surface area contributed by atoms with Crippen LogP contribution in [0.25, 0.3) is 0 Å². The van der Waals surface area contributed by atoms with Crippen LogP contribution >= 0.6 is 0 Å². The highest BCUT2D eigenvalue weighted by molar-refractivity contribution is 5.69. The van der Waals surface area contributed by atoms with Gasteiger partial charge in [0.1, 0.15) is 18.8 Å². The quantitative estimate of drug-likeness (QED) is 0.308. The second-order valence-corrected chi connectivity index (χ2v) is 12.6. The van der Waals surface area contributed by atoms with E-state index in [2.05, 4.69) is 86.1 Å². The molecule has 2 aromatic carbocycles. The predicted octanol–water partition coefficient (Wildman–Crippen LogP) is 5.49. The van der Waals surface area contributed by atoms with Crippen molar-refractivity contribution in [3.8, 4) is 0 Å². The van der Waals surface area contributed by atoms with Crippen LogP contribution in [0.5, 0.6) is 0 Å². The van der Waals surface area contributed by atoms with Crippen LogP contribution in [0, 0.1) is 24.7 Å². The van der Waals surface area contributed by atoms with Gasteiger partial charge in [-0.25, -0.2) is 0 Å². The van der Waals surface area contributed by atoms with Gasteiger partial charge in [-0.15, -0.1) is 10.2 Å². The molecular formula is C34H45N5O2. The lowest BCUT2D eigenvalue weighted by Gasteiger charge is -2.51. The first-order valence-corrected chi connectivity index (χ1v) is 15.7. The van der Waals surface area contributed by atoms with Gasteiger partial charge in [-0.3, -0.25) is 4.79 Å². The zero-order valence-corrected chi connectivity index (χ0v) is 24.7. The van der Waals surface area contributed by atoms with E-state index < -0.39 is 0 Å². The zero-order chi connectivity index (χ0) is 28.2. The van der Waals surface area contributed by atoms with Crippen LogP contribution in [0.1, 0.15) is 56.6 Å². The molecule has 1 aromatic heterocycles. The lowest BCUT2D eigenvalue weighted by molar-refractivity contribution is -0.152. The third kappa shape index (κ3) is 5.92. The van der Waals surface area contributed by atoms with Crippen molar-refractivity contribution >= 4 is 11.7 Å². The molecule has 3 atom stereocenters. The van der Waals surface area contributed by atoms with Crippen LogP contribution in [0.15, 0.2) is 67.3 Å². The maximum absolute atomic E-state index is 12.5. The van der Waals surface area contributed by atoms with Crippen molar-refractivity contribution in [1.82, 2.24) is 19.7 Å². The first-order chi connectivity index (χ1) is 20.0. The molecule has 7 nitrogen and oxygen atoms in total. The van der Waals surface area contributed by atoms with E-state index in [4.69, 9.17) is 4.74 Å². The number of likely N-dealkylation sites (tertiary alicyclic amines) is 1. The number of benzene rings is 2. The summed E-state index contributed by atoms with van der Waals surface area (Å²) in [5.41, 5.74) is 3.88. The molecule has 0 radical (unpaired) electrons. The van der Waals surface area contributed by atoms with E-state index in [-0.39, 0.29) is 23.4 Å². The van der Waals surface area contributed by atoms with Crippen molar-refractivity contribution in [2.24, 2.45) is 17.8 Å². The topological polar surface area (TPSA) is 63.5 Å². The Morgan fingerprint density at radius 3 is 2.34 bits per heavy atom. The lowest BCUT2D eigenvalue weighted by atomic mass is 9.58. The Bertz CT molecular complexity index is 1250. The molecule has 6 rings (SSSR count). The van der Waals surface area contributed by atoms with Crippen LogP contribution in [0.3, 0.4) is 0 Å². The minimum atomic E-state index is -0.149. The van der Waals surface area contributed by atoms with E-state index in [1.54, 1.807) is 0 Å². The van der Waals surface area contributed by atoms with Gasteiger partial charge in [0, 0.05) is 55.5 Å². The van der Waals surface area contributed by atoms with Crippen molar-refractivity contribution in [2.75, 3.05) is 37.6 Å². The minimum Gasteiger partial charge on any atom is -0.462 e. The molecule has 3 fully saturated rings. The van der Waals surface area contributed by atoms with Gasteiger partial charge >= 0.3 is 5.97 Å². The Kier molecular flexibility index (Phi) is 8.42. The first kappa shape index (κ1) is 28.0. The number of ether oxygens (including phenoxy) is 1. The number of aromatic nitrogens is 3. The van der Waals surface area contributed by atoms with Gasteiger partial charge in [0.15, 0.2) is 0 Å². The fourth-order valence-electron chi connectivity index (χ4n) is 8.00. The van der Waals surface area contributed by atoms with Crippen LogP contribution in [-0.4, -0.2) is 64.5 Å². The summed E-state index contributed by atoms with van der Waals surface area (Å²) in [6.45, 7) is 10.6. The molecule has 0 N–H and O–H groups in total. The monoisotopic (exact) mass is 555 g/mol. The molecule has 1 aliphatic carbocycles. The largest absolute Gasteiger partial charge is 0.462 e. The summed E-state index contributed by atoms with van der Waals surface area (Å²) >= 11 is 0. The number of carbonyl (C=O) groups excluding carboxylic acids is 1. The van der Waals surface area contributed by atoms with Crippen molar-refractivity contribution < 1.29 is 9.53 Å². The third-order valence-electron chi connectivity index (χ3n) is 10.1. The maximum atomic E-state index is 12.5. The number of anilines is 1. The number of aryl methyl sites for hydroxylation is 1.